The third-order valence-electron chi connectivity index (χ3n) is 4.86. The third kappa shape index (κ3) is 4.30. The summed E-state index contributed by atoms with van der Waals surface area (Å²) < 4.78 is 13.2. The van der Waals surface area contributed by atoms with Gasteiger partial charge < -0.3 is 10.0 Å². The lowest BCUT2D eigenvalue weighted by Gasteiger charge is -2.39. The topological polar surface area (TPSA) is 57.6 Å². The van der Waals surface area contributed by atoms with E-state index in [1.165, 1.54) is 12.1 Å². The second-order valence-electron chi connectivity index (χ2n) is 6.84. The van der Waals surface area contributed by atoms with E-state index in [1.807, 2.05) is 6.07 Å². The van der Waals surface area contributed by atoms with Gasteiger partial charge in [0.2, 0.25) is 5.91 Å². The normalized spacial score (nSPS) is 18.7. The minimum Gasteiger partial charge on any atom is -0.481 e. The van der Waals surface area contributed by atoms with Crippen molar-refractivity contribution in [2.24, 2.45) is 11.3 Å². The summed E-state index contributed by atoms with van der Waals surface area (Å²) in [5.41, 5.74) is -0.0283. The highest BCUT2D eigenvalue weighted by atomic mass is 19.1. The van der Waals surface area contributed by atoms with Crippen LogP contribution >= 0.6 is 0 Å². The molecule has 1 saturated heterocycles. The maximum absolute atomic E-state index is 13.2. The summed E-state index contributed by atoms with van der Waals surface area (Å²) in [7, 11) is 0. The van der Waals surface area contributed by atoms with E-state index in [-0.39, 0.29) is 17.6 Å². The van der Waals surface area contributed by atoms with E-state index in [0.29, 0.717) is 25.9 Å². The highest BCUT2D eigenvalue weighted by molar-refractivity contribution is 5.77. The van der Waals surface area contributed by atoms with Crippen molar-refractivity contribution in [2.75, 3.05) is 13.1 Å². The molecule has 5 heteroatoms. The minimum absolute atomic E-state index is 0.0140. The van der Waals surface area contributed by atoms with E-state index in [4.69, 9.17) is 0 Å². The molecular formula is C18H24FNO3. The first-order valence-electron chi connectivity index (χ1n) is 8.06. The van der Waals surface area contributed by atoms with Crippen molar-refractivity contribution in [2.45, 2.75) is 39.5 Å². The molecule has 1 aromatic rings. The number of carbonyl (C=O) groups excluding carboxylic acids is 1. The zero-order valence-corrected chi connectivity index (χ0v) is 13.7. The number of nitrogens with zero attached hydrogens (tertiary/aromatic N) is 1. The van der Waals surface area contributed by atoms with Gasteiger partial charge >= 0.3 is 5.97 Å². The predicted molar refractivity (Wildman–Crippen MR) is 85.4 cm³/mol. The van der Waals surface area contributed by atoms with Crippen molar-refractivity contribution in [3.8, 4) is 0 Å². The zero-order chi connectivity index (χ0) is 17.0. The number of halogens is 1. The summed E-state index contributed by atoms with van der Waals surface area (Å²) in [6.45, 7) is 4.61. The lowest BCUT2D eigenvalue weighted by atomic mass is 9.74. The molecule has 0 aliphatic carbocycles. The van der Waals surface area contributed by atoms with Crippen LogP contribution in [0.4, 0.5) is 4.39 Å². The van der Waals surface area contributed by atoms with Crippen LogP contribution in [-0.2, 0) is 16.0 Å². The molecular weight excluding hydrogens is 297 g/mol. The zero-order valence-electron chi connectivity index (χ0n) is 13.7. The maximum Gasteiger partial charge on any atom is 0.309 e. The summed E-state index contributed by atoms with van der Waals surface area (Å²) in [5.74, 6) is -1.14. The summed E-state index contributed by atoms with van der Waals surface area (Å²) in [5, 5.41) is 9.36. The first kappa shape index (κ1) is 17.4. The molecule has 1 unspecified atom stereocenters. The van der Waals surface area contributed by atoms with Crippen LogP contribution in [0.2, 0.25) is 0 Å². The molecule has 23 heavy (non-hydrogen) atoms. The van der Waals surface area contributed by atoms with Crippen molar-refractivity contribution in [1.82, 2.24) is 4.90 Å². The number of likely N-dealkylation sites (tertiary alicyclic amines) is 1. The molecule has 1 aliphatic heterocycles. The lowest BCUT2D eigenvalue weighted by Crippen LogP contribution is -2.46. The van der Waals surface area contributed by atoms with Gasteiger partial charge in [0.05, 0.1) is 5.41 Å². The Bertz CT molecular complexity index is 585. The SMILES string of the molecule is CC(C)(C(=O)O)C1CCCN(C(=O)CCc2cccc(F)c2)C1. The van der Waals surface area contributed by atoms with Crippen LogP contribution < -0.4 is 0 Å². The molecule has 1 aliphatic rings. The van der Waals surface area contributed by atoms with E-state index in [0.717, 1.165) is 18.4 Å². The van der Waals surface area contributed by atoms with E-state index in [1.54, 1.807) is 24.8 Å². The second-order valence-corrected chi connectivity index (χ2v) is 6.84. The Labute approximate surface area is 136 Å². The smallest absolute Gasteiger partial charge is 0.309 e. The van der Waals surface area contributed by atoms with E-state index < -0.39 is 11.4 Å². The Morgan fingerprint density at radius 1 is 1.39 bits per heavy atom. The molecule has 1 aromatic carbocycles. The van der Waals surface area contributed by atoms with Crippen LogP contribution in [-0.4, -0.2) is 35.0 Å². The minimum atomic E-state index is -0.832. The Kier molecular flexibility index (Phi) is 5.39. The summed E-state index contributed by atoms with van der Waals surface area (Å²) in [6.07, 6.45) is 2.48. The van der Waals surface area contributed by atoms with E-state index in [9.17, 15) is 19.1 Å². The Morgan fingerprint density at radius 3 is 2.78 bits per heavy atom. The fourth-order valence-electron chi connectivity index (χ4n) is 3.07. The number of aliphatic carboxylic acids is 1. The Balaban J connectivity index is 1.93. The molecule has 2 rings (SSSR count). The number of carbonyl (C=O) groups is 2. The van der Waals surface area contributed by atoms with Crippen molar-refractivity contribution >= 4 is 11.9 Å². The van der Waals surface area contributed by atoms with Gasteiger partial charge in [0.1, 0.15) is 5.82 Å². The molecule has 1 fully saturated rings. The average molecular weight is 321 g/mol. The average Bonchev–Trinajstić information content (AvgIpc) is 2.52. The number of amides is 1. The van der Waals surface area contributed by atoms with Crippen LogP contribution in [0.3, 0.4) is 0 Å². The van der Waals surface area contributed by atoms with Crippen LogP contribution in [0, 0.1) is 17.2 Å². The van der Waals surface area contributed by atoms with Crippen molar-refractivity contribution in [3.05, 3.63) is 35.6 Å². The number of piperidine rings is 1. The molecule has 0 aromatic heterocycles. The van der Waals surface area contributed by atoms with Gasteiger partial charge in [-0.05, 0) is 56.7 Å². The molecule has 4 nitrogen and oxygen atoms in total. The van der Waals surface area contributed by atoms with Gasteiger partial charge in [-0.25, -0.2) is 4.39 Å². The second kappa shape index (κ2) is 7.11. The molecule has 0 radical (unpaired) electrons. The summed E-state index contributed by atoms with van der Waals surface area (Å²) in [4.78, 5) is 25.5. The van der Waals surface area contributed by atoms with Crippen molar-refractivity contribution < 1.29 is 19.1 Å². The van der Waals surface area contributed by atoms with Crippen LogP contribution in [0.15, 0.2) is 24.3 Å². The molecule has 126 valence electrons. The monoisotopic (exact) mass is 321 g/mol. The van der Waals surface area contributed by atoms with Gasteiger partial charge in [0.25, 0.3) is 0 Å². The predicted octanol–water partition coefficient (Wildman–Crippen LogP) is 3.11. The first-order valence-corrected chi connectivity index (χ1v) is 8.06. The van der Waals surface area contributed by atoms with E-state index in [2.05, 4.69) is 0 Å². The number of hydrogen-bond donors (Lipinski definition) is 1. The maximum atomic E-state index is 13.2. The summed E-state index contributed by atoms with van der Waals surface area (Å²) >= 11 is 0. The number of benzene rings is 1. The van der Waals surface area contributed by atoms with Gasteiger partial charge in [-0.1, -0.05) is 12.1 Å². The van der Waals surface area contributed by atoms with Crippen LogP contribution in [0.5, 0.6) is 0 Å². The van der Waals surface area contributed by atoms with Crippen LogP contribution in [0.25, 0.3) is 0 Å². The molecule has 1 heterocycles. The number of carboxylic acids is 1. The Hall–Kier alpha value is -1.91. The third-order valence-corrected chi connectivity index (χ3v) is 4.86. The lowest BCUT2D eigenvalue weighted by molar-refractivity contribution is -0.153. The number of rotatable bonds is 5. The van der Waals surface area contributed by atoms with Crippen LogP contribution in [0.1, 0.15) is 38.7 Å². The largest absolute Gasteiger partial charge is 0.481 e. The molecule has 0 bridgehead atoms. The van der Waals surface area contributed by atoms with Gasteiger partial charge in [-0.3, -0.25) is 9.59 Å². The quantitative estimate of drug-likeness (QED) is 0.906. The molecule has 0 spiro atoms. The highest BCUT2D eigenvalue weighted by Gasteiger charge is 2.39. The summed E-state index contributed by atoms with van der Waals surface area (Å²) in [6, 6.07) is 6.28. The first-order chi connectivity index (χ1) is 10.8. The van der Waals surface area contributed by atoms with Gasteiger partial charge in [-0.2, -0.15) is 0 Å². The Morgan fingerprint density at radius 2 is 2.13 bits per heavy atom. The molecule has 1 N–H and O–H groups in total. The molecule has 1 amide bonds. The van der Waals surface area contributed by atoms with Crippen molar-refractivity contribution in [1.29, 1.82) is 0 Å². The fraction of sp³-hybridized carbons (Fsp3) is 0.556. The number of aryl methyl sites for hydroxylation is 1. The van der Waals surface area contributed by atoms with E-state index >= 15 is 0 Å². The molecule has 1 atom stereocenters. The van der Waals surface area contributed by atoms with Gasteiger partial charge in [-0.15, -0.1) is 0 Å². The van der Waals surface area contributed by atoms with Crippen molar-refractivity contribution in [3.63, 3.8) is 0 Å². The number of hydrogen-bond acceptors (Lipinski definition) is 2. The highest BCUT2D eigenvalue weighted by Crippen LogP contribution is 2.34. The fourth-order valence-corrected chi connectivity index (χ4v) is 3.07. The van der Waals surface area contributed by atoms with Gasteiger partial charge in [0.15, 0.2) is 0 Å². The molecule has 0 saturated carbocycles. The van der Waals surface area contributed by atoms with Gasteiger partial charge in [0, 0.05) is 19.5 Å². The standard InChI is InChI=1S/C18H24FNO3/c1-18(2,17(22)23)14-6-4-10-20(12-14)16(21)9-8-13-5-3-7-15(19)11-13/h3,5,7,11,14H,4,6,8-10,12H2,1-2H3,(H,22,23). The number of carboxylic acid groups (broad SMARTS) is 1.